The van der Waals surface area contributed by atoms with Crippen LogP contribution in [-0.4, -0.2) is 75.6 Å². The van der Waals surface area contributed by atoms with Gasteiger partial charge in [0.25, 0.3) is 0 Å². The van der Waals surface area contributed by atoms with Crippen LogP contribution in [0.3, 0.4) is 0 Å². The van der Waals surface area contributed by atoms with Crippen molar-refractivity contribution < 1.29 is 44.1 Å². The third kappa shape index (κ3) is 9.82. The van der Waals surface area contributed by atoms with Gasteiger partial charge in [-0.05, 0) is 12.3 Å². The molecule has 0 aliphatic rings. The van der Waals surface area contributed by atoms with E-state index in [2.05, 4.69) is 10.6 Å². The molecule has 0 aromatic rings. The molecule has 0 heterocycles. The minimum absolute atomic E-state index is 0.359. The average molecular weight is 432 g/mol. The summed E-state index contributed by atoms with van der Waals surface area (Å²) in [5.74, 6) is -7.18. The van der Waals surface area contributed by atoms with E-state index in [-0.39, 0.29) is 18.9 Å². The third-order valence-corrected chi connectivity index (χ3v) is 4.27. The highest BCUT2D eigenvalue weighted by atomic mass is 16.4. The third-order valence-electron chi connectivity index (χ3n) is 4.27. The molecule has 0 aliphatic carbocycles. The quantitative estimate of drug-likeness (QED) is 0.158. The van der Waals surface area contributed by atoms with Gasteiger partial charge in [0, 0.05) is 6.42 Å². The topological polar surface area (TPSA) is 225 Å². The van der Waals surface area contributed by atoms with Gasteiger partial charge in [-0.25, -0.2) is 4.79 Å². The van der Waals surface area contributed by atoms with Crippen molar-refractivity contribution in [2.75, 3.05) is 6.54 Å². The van der Waals surface area contributed by atoms with Crippen LogP contribution in [0.25, 0.3) is 0 Å². The largest absolute Gasteiger partial charge is 0.481 e. The molecule has 13 nitrogen and oxygen atoms in total. The van der Waals surface area contributed by atoms with Gasteiger partial charge in [-0.3, -0.25) is 24.0 Å². The van der Waals surface area contributed by atoms with Gasteiger partial charge in [0.15, 0.2) is 0 Å². The minimum atomic E-state index is -1.78. The van der Waals surface area contributed by atoms with Gasteiger partial charge in [0.2, 0.25) is 17.7 Å². The number of carboxylic acid groups (broad SMARTS) is 3. The number of nitrogens with two attached hydrogens (primary N) is 1. The molecule has 0 aliphatic heterocycles. The maximum Gasteiger partial charge on any atom is 0.326 e. The van der Waals surface area contributed by atoms with Crippen LogP contribution < -0.4 is 21.7 Å². The van der Waals surface area contributed by atoms with Gasteiger partial charge in [-0.2, -0.15) is 0 Å². The molecular formula is C17H28N4O9. The van der Waals surface area contributed by atoms with E-state index in [0.29, 0.717) is 6.42 Å². The Kier molecular flexibility index (Phi) is 11.7. The highest BCUT2D eigenvalue weighted by Gasteiger charge is 2.32. The van der Waals surface area contributed by atoms with Crippen molar-refractivity contribution >= 4 is 35.6 Å². The standard InChI is InChI=1S/C17H28N4O9/c1-3-8(2)14(21-11(22)7-18)16(28)19-9(4-5-12(23)24)15(27)20-10(17(29)30)6-13(25)26/h8-10,14H,3-7,18H2,1-2H3,(H,19,28)(H,20,27)(H,21,22)(H,23,24)(H,25,26)(H,29,30). The molecule has 0 saturated carbocycles. The maximum absolute atomic E-state index is 12.6. The normalized spacial score (nSPS) is 14.5. The molecule has 4 atom stereocenters. The summed E-state index contributed by atoms with van der Waals surface area (Å²) >= 11 is 0. The van der Waals surface area contributed by atoms with Crippen molar-refractivity contribution in [3.8, 4) is 0 Å². The fourth-order valence-corrected chi connectivity index (χ4v) is 2.38. The molecule has 170 valence electrons. The first-order chi connectivity index (χ1) is 13.9. The molecule has 3 amide bonds. The lowest BCUT2D eigenvalue weighted by atomic mass is 9.97. The highest BCUT2D eigenvalue weighted by Crippen LogP contribution is 2.10. The molecule has 0 aromatic carbocycles. The molecule has 0 spiro atoms. The second-order valence-electron chi connectivity index (χ2n) is 6.63. The fourth-order valence-electron chi connectivity index (χ4n) is 2.38. The number of aliphatic carboxylic acids is 3. The van der Waals surface area contributed by atoms with Crippen LogP contribution in [0.1, 0.15) is 39.5 Å². The number of hydrogen-bond acceptors (Lipinski definition) is 7. The first-order valence-corrected chi connectivity index (χ1v) is 9.19. The van der Waals surface area contributed by atoms with Crippen LogP contribution in [0.15, 0.2) is 0 Å². The Morgan fingerprint density at radius 3 is 1.87 bits per heavy atom. The lowest BCUT2D eigenvalue weighted by Gasteiger charge is -2.26. The summed E-state index contributed by atoms with van der Waals surface area (Å²) in [4.78, 5) is 69.5. The Labute approximate surface area is 172 Å². The fraction of sp³-hybridized carbons (Fsp3) is 0.647. The summed E-state index contributed by atoms with van der Waals surface area (Å²) in [7, 11) is 0. The second kappa shape index (κ2) is 13.1. The summed E-state index contributed by atoms with van der Waals surface area (Å²) in [6.45, 7) is 3.05. The molecule has 4 unspecified atom stereocenters. The van der Waals surface area contributed by atoms with Gasteiger partial charge in [0.05, 0.1) is 13.0 Å². The Hall–Kier alpha value is -3.22. The van der Waals surface area contributed by atoms with Crippen molar-refractivity contribution in [2.45, 2.75) is 57.7 Å². The lowest BCUT2D eigenvalue weighted by Crippen LogP contribution is -2.57. The van der Waals surface area contributed by atoms with Crippen LogP contribution in [0, 0.1) is 5.92 Å². The van der Waals surface area contributed by atoms with E-state index in [0.717, 1.165) is 0 Å². The molecule has 0 radical (unpaired) electrons. The molecule has 0 fully saturated rings. The lowest BCUT2D eigenvalue weighted by molar-refractivity contribution is -0.147. The summed E-state index contributed by atoms with van der Waals surface area (Å²) in [5, 5.41) is 33.4. The van der Waals surface area contributed by atoms with Crippen molar-refractivity contribution in [2.24, 2.45) is 11.7 Å². The van der Waals surface area contributed by atoms with Crippen molar-refractivity contribution in [1.29, 1.82) is 0 Å². The second-order valence-corrected chi connectivity index (χ2v) is 6.63. The summed E-state index contributed by atoms with van der Waals surface area (Å²) in [6, 6.07) is -4.31. The van der Waals surface area contributed by atoms with Gasteiger partial charge < -0.3 is 37.0 Å². The van der Waals surface area contributed by atoms with E-state index in [1.165, 1.54) is 0 Å². The van der Waals surface area contributed by atoms with Gasteiger partial charge in [-0.15, -0.1) is 0 Å². The Balaban J connectivity index is 5.51. The zero-order valence-electron chi connectivity index (χ0n) is 16.7. The first-order valence-electron chi connectivity index (χ1n) is 9.19. The van der Waals surface area contributed by atoms with E-state index in [1.807, 2.05) is 5.32 Å². The number of amides is 3. The molecule has 0 rings (SSSR count). The summed E-state index contributed by atoms with van der Waals surface area (Å²) < 4.78 is 0. The number of carboxylic acids is 3. The SMILES string of the molecule is CCC(C)C(NC(=O)CN)C(=O)NC(CCC(=O)O)C(=O)NC(CC(=O)O)C(=O)O. The summed E-state index contributed by atoms with van der Waals surface area (Å²) in [5.41, 5.74) is 5.24. The minimum Gasteiger partial charge on any atom is -0.481 e. The van der Waals surface area contributed by atoms with Crippen LogP contribution in [-0.2, 0) is 28.8 Å². The van der Waals surface area contributed by atoms with Crippen LogP contribution in [0.2, 0.25) is 0 Å². The molecular weight excluding hydrogens is 404 g/mol. The number of carbonyl (C=O) groups is 6. The van der Waals surface area contributed by atoms with Crippen LogP contribution >= 0.6 is 0 Å². The van der Waals surface area contributed by atoms with E-state index in [1.54, 1.807) is 13.8 Å². The predicted octanol–water partition coefficient (Wildman–Crippen LogP) is -2.13. The Morgan fingerprint density at radius 1 is 0.867 bits per heavy atom. The first kappa shape index (κ1) is 26.8. The molecule has 8 N–H and O–H groups in total. The van der Waals surface area contributed by atoms with E-state index in [9.17, 15) is 28.8 Å². The van der Waals surface area contributed by atoms with Crippen molar-refractivity contribution in [3.05, 3.63) is 0 Å². The number of hydrogen-bond donors (Lipinski definition) is 7. The number of nitrogens with one attached hydrogen (secondary N) is 3. The highest BCUT2D eigenvalue weighted by molar-refractivity contribution is 5.94. The molecule has 0 aromatic heterocycles. The van der Waals surface area contributed by atoms with Gasteiger partial charge in [0.1, 0.15) is 18.1 Å². The number of rotatable bonds is 14. The number of carbonyl (C=O) groups excluding carboxylic acids is 3. The van der Waals surface area contributed by atoms with E-state index >= 15 is 0 Å². The van der Waals surface area contributed by atoms with Crippen molar-refractivity contribution in [3.63, 3.8) is 0 Å². The average Bonchev–Trinajstić information content (AvgIpc) is 2.66. The van der Waals surface area contributed by atoms with E-state index < -0.39 is 66.6 Å². The van der Waals surface area contributed by atoms with Crippen molar-refractivity contribution in [1.82, 2.24) is 16.0 Å². The van der Waals surface area contributed by atoms with Gasteiger partial charge >= 0.3 is 17.9 Å². The molecule has 0 saturated heterocycles. The summed E-state index contributed by atoms with van der Waals surface area (Å²) in [6.07, 6.45) is -1.35. The Bertz CT molecular complexity index is 668. The van der Waals surface area contributed by atoms with Gasteiger partial charge in [-0.1, -0.05) is 20.3 Å². The smallest absolute Gasteiger partial charge is 0.326 e. The zero-order valence-corrected chi connectivity index (χ0v) is 16.7. The molecule has 30 heavy (non-hydrogen) atoms. The molecule has 0 bridgehead atoms. The zero-order chi connectivity index (χ0) is 23.4. The monoisotopic (exact) mass is 432 g/mol. The van der Waals surface area contributed by atoms with Crippen LogP contribution in [0.5, 0.6) is 0 Å². The maximum atomic E-state index is 12.6. The van der Waals surface area contributed by atoms with E-state index in [4.69, 9.17) is 21.1 Å². The predicted molar refractivity (Wildman–Crippen MR) is 101 cm³/mol. The van der Waals surface area contributed by atoms with Crippen LogP contribution in [0.4, 0.5) is 0 Å². The molecule has 13 heteroatoms. The Morgan fingerprint density at radius 2 is 1.43 bits per heavy atom.